The van der Waals surface area contributed by atoms with Gasteiger partial charge in [-0.2, -0.15) is 0 Å². The molecule has 0 spiro atoms. The predicted octanol–water partition coefficient (Wildman–Crippen LogP) is 2.29. The molecule has 2 saturated carbocycles. The molecule has 3 aliphatic rings. The van der Waals surface area contributed by atoms with E-state index in [1.807, 2.05) is 24.4 Å². The van der Waals surface area contributed by atoms with E-state index in [4.69, 9.17) is 0 Å². The van der Waals surface area contributed by atoms with Gasteiger partial charge in [-0.3, -0.25) is 14.7 Å². The summed E-state index contributed by atoms with van der Waals surface area (Å²) in [5.74, 6) is 0.576. The van der Waals surface area contributed by atoms with Crippen LogP contribution >= 0.6 is 0 Å². The van der Waals surface area contributed by atoms with Crippen LogP contribution in [0.2, 0.25) is 0 Å². The van der Waals surface area contributed by atoms with Crippen LogP contribution in [0.1, 0.15) is 57.1 Å². The lowest BCUT2D eigenvalue weighted by Gasteiger charge is -2.42. The van der Waals surface area contributed by atoms with Crippen LogP contribution in [0.4, 0.5) is 0 Å². The Morgan fingerprint density at radius 1 is 1.23 bits per heavy atom. The Bertz CT molecular complexity index is 603. The van der Waals surface area contributed by atoms with Gasteiger partial charge in [-0.05, 0) is 69.7 Å². The smallest absolute Gasteiger partial charge is 0.240 e. The average Bonchev–Trinajstić information content (AvgIpc) is 3.31. The van der Waals surface area contributed by atoms with Crippen molar-refractivity contribution in [3.8, 4) is 0 Å². The zero-order chi connectivity index (χ0) is 18.0. The number of pyridine rings is 1. The molecule has 2 N–H and O–H groups in total. The van der Waals surface area contributed by atoms with Crippen molar-refractivity contribution >= 4 is 5.91 Å². The predicted molar refractivity (Wildman–Crippen MR) is 101 cm³/mol. The molecule has 1 amide bonds. The summed E-state index contributed by atoms with van der Waals surface area (Å²) in [6.07, 6.45) is 10.6. The van der Waals surface area contributed by atoms with Crippen LogP contribution in [-0.4, -0.2) is 51.7 Å². The van der Waals surface area contributed by atoms with E-state index in [2.05, 4.69) is 15.2 Å². The molecule has 1 atom stereocenters. The number of rotatable bonds is 6. The summed E-state index contributed by atoms with van der Waals surface area (Å²) in [6.45, 7) is 2.11. The van der Waals surface area contributed by atoms with Crippen LogP contribution in [0.15, 0.2) is 24.4 Å². The largest absolute Gasteiger partial charge is 0.393 e. The highest BCUT2D eigenvalue weighted by atomic mass is 16.3. The van der Waals surface area contributed by atoms with E-state index in [0.29, 0.717) is 5.92 Å². The van der Waals surface area contributed by atoms with E-state index in [1.165, 1.54) is 12.8 Å². The van der Waals surface area contributed by atoms with Gasteiger partial charge in [0.25, 0.3) is 0 Å². The standard InChI is InChI=1S/C21H31N3O2/c25-18-13-16(14-18)19(15-17-7-1-4-10-22-17)23-20(26)21(8-2-3-9-21)24-11-5-6-12-24/h1,4,7,10,16,18-19,25H,2-3,5-6,8-9,11-15H2,(H,23,26). The first kappa shape index (κ1) is 17.9. The van der Waals surface area contributed by atoms with Crippen LogP contribution in [0.3, 0.4) is 0 Å². The highest BCUT2D eigenvalue weighted by Gasteiger charge is 2.48. The summed E-state index contributed by atoms with van der Waals surface area (Å²) in [5.41, 5.74) is 0.724. The SMILES string of the molecule is O=C(NC(Cc1ccccn1)C1CC(O)C1)C1(N2CCCC2)CCCC1. The van der Waals surface area contributed by atoms with Crippen LogP contribution in [0.5, 0.6) is 0 Å². The summed E-state index contributed by atoms with van der Waals surface area (Å²) in [7, 11) is 0. The molecule has 26 heavy (non-hydrogen) atoms. The minimum atomic E-state index is -0.290. The molecule has 2 aliphatic carbocycles. The van der Waals surface area contributed by atoms with E-state index >= 15 is 0 Å². The van der Waals surface area contributed by atoms with E-state index < -0.39 is 0 Å². The first-order chi connectivity index (χ1) is 12.7. The van der Waals surface area contributed by atoms with Crippen molar-refractivity contribution in [2.45, 2.75) is 75.5 Å². The van der Waals surface area contributed by atoms with Crippen molar-refractivity contribution < 1.29 is 9.90 Å². The quantitative estimate of drug-likeness (QED) is 0.820. The van der Waals surface area contributed by atoms with Gasteiger partial charge in [0.2, 0.25) is 5.91 Å². The average molecular weight is 357 g/mol. The summed E-state index contributed by atoms with van der Waals surface area (Å²) in [4.78, 5) is 20.3. The van der Waals surface area contributed by atoms with Crippen molar-refractivity contribution in [2.24, 2.45) is 5.92 Å². The summed E-state index contributed by atoms with van der Waals surface area (Å²) in [6, 6.07) is 6.02. The lowest BCUT2D eigenvalue weighted by Crippen LogP contribution is -2.60. The van der Waals surface area contributed by atoms with Crippen molar-refractivity contribution in [3.05, 3.63) is 30.1 Å². The van der Waals surface area contributed by atoms with E-state index in [9.17, 15) is 9.90 Å². The molecule has 4 rings (SSSR count). The Kier molecular flexibility index (Phi) is 5.28. The van der Waals surface area contributed by atoms with Gasteiger partial charge in [0.15, 0.2) is 0 Å². The zero-order valence-corrected chi connectivity index (χ0v) is 15.6. The van der Waals surface area contributed by atoms with Crippen molar-refractivity contribution in [2.75, 3.05) is 13.1 Å². The minimum Gasteiger partial charge on any atom is -0.393 e. The van der Waals surface area contributed by atoms with Crippen molar-refractivity contribution in [3.63, 3.8) is 0 Å². The molecule has 0 aromatic carbocycles. The third-order valence-electron chi connectivity index (χ3n) is 6.76. The van der Waals surface area contributed by atoms with Gasteiger partial charge in [-0.15, -0.1) is 0 Å². The van der Waals surface area contributed by atoms with Gasteiger partial charge in [0, 0.05) is 24.4 Å². The summed E-state index contributed by atoms with van der Waals surface area (Å²) in [5, 5.41) is 13.2. The van der Waals surface area contributed by atoms with Crippen molar-refractivity contribution in [1.82, 2.24) is 15.2 Å². The fourth-order valence-electron chi connectivity index (χ4n) is 5.13. The molecule has 5 nitrogen and oxygen atoms in total. The molecule has 1 unspecified atom stereocenters. The molecule has 5 heteroatoms. The number of aromatic nitrogens is 1. The first-order valence-corrected chi connectivity index (χ1v) is 10.3. The number of nitrogens with zero attached hydrogens (tertiary/aromatic N) is 2. The van der Waals surface area contributed by atoms with E-state index in [1.54, 1.807) is 0 Å². The topological polar surface area (TPSA) is 65.5 Å². The Labute approximate surface area is 156 Å². The highest BCUT2D eigenvalue weighted by Crippen LogP contribution is 2.39. The number of carbonyl (C=O) groups is 1. The zero-order valence-electron chi connectivity index (χ0n) is 15.6. The summed E-state index contributed by atoms with van der Waals surface area (Å²) >= 11 is 0. The van der Waals surface area contributed by atoms with Gasteiger partial charge in [-0.1, -0.05) is 18.9 Å². The summed E-state index contributed by atoms with van der Waals surface area (Å²) < 4.78 is 0. The number of carbonyl (C=O) groups excluding carboxylic acids is 1. The second-order valence-electron chi connectivity index (χ2n) is 8.42. The van der Waals surface area contributed by atoms with Crippen molar-refractivity contribution in [1.29, 1.82) is 0 Å². The van der Waals surface area contributed by atoms with E-state index in [0.717, 1.165) is 63.7 Å². The molecule has 1 aromatic rings. The molecule has 1 saturated heterocycles. The van der Waals surface area contributed by atoms with Gasteiger partial charge in [0.05, 0.1) is 6.10 Å². The molecule has 3 fully saturated rings. The minimum absolute atomic E-state index is 0.0703. The maximum Gasteiger partial charge on any atom is 0.240 e. The monoisotopic (exact) mass is 357 g/mol. The molecular weight excluding hydrogens is 326 g/mol. The Morgan fingerprint density at radius 2 is 1.96 bits per heavy atom. The lowest BCUT2D eigenvalue weighted by molar-refractivity contribution is -0.134. The Hall–Kier alpha value is -1.46. The van der Waals surface area contributed by atoms with Crippen LogP contribution < -0.4 is 5.32 Å². The van der Waals surface area contributed by atoms with E-state index in [-0.39, 0.29) is 23.6 Å². The number of likely N-dealkylation sites (tertiary alicyclic amines) is 1. The maximum atomic E-state index is 13.4. The number of nitrogens with one attached hydrogen (secondary N) is 1. The van der Waals surface area contributed by atoms with Crippen LogP contribution in [0, 0.1) is 5.92 Å². The van der Waals surface area contributed by atoms with Gasteiger partial charge < -0.3 is 10.4 Å². The number of hydrogen-bond acceptors (Lipinski definition) is 4. The van der Waals surface area contributed by atoms with Gasteiger partial charge in [-0.25, -0.2) is 0 Å². The lowest BCUT2D eigenvalue weighted by atomic mass is 9.75. The van der Waals surface area contributed by atoms with Crippen LogP contribution in [0.25, 0.3) is 0 Å². The van der Waals surface area contributed by atoms with Gasteiger partial charge in [0.1, 0.15) is 5.54 Å². The number of hydrogen-bond donors (Lipinski definition) is 2. The normalized spacial score (nSPS) is 29.3. The third-order valence-corrected chi connectivity index (χ3v) is 6.76. The number of aliphatic hydroxyl groups excluding tert-OH is 1. The number of amides is 1. The molecule has 0 radical (unpaired) electrons. The van der Waals surface area contributed by atoms with Gasteiger partial charge >= 0.3 is 0 Å². The molecule has 1 aromatic heterocycles. The number of aliphatic hydroxyl groups is 1. The third kappa shape index (κ3) is 3.52. The highest BCUT2D eigenvalue weighted by molar-refractivity contribution is 5.87. The molecule has 0 bridgehead atoms. The second kappa shape index (κ2) is 7.65. The fourth-order valence-corrected chi connectivity index (χ4v) is 5.13. The first-order valence-electron chi connectivity index (χ1n) is 10.3. The molecule has 2 heterocycles. The molecular formula is C21H31N3O2. The fraction of sp³-hybridized carbons (Fsp3) is 0.714. The molecule has 142 valence electrons. The molecule has 1 aliphatic heterocycles. The maximum absolute atomic E-state index is 13.4. The Morgan fingerprint density at radius 3 is 2.58 bits per heavy atom. The Balaban J connectivity index is 1.49. The van der Waals surface area contributed by atoms with Crippen LogP contribution in [-0.2, 0) is 11.2 Å². The second-order valence-corrected chi connectivity index (χ2v) is 8.42.